The Balaban J connectivity index is 1.86. The van der Waals surface area contributed by atoms with Gasteiger partial charge in [0.2, 0.25) is 0 Å². The van der Waals surface area contributed by atoms with Crippen LogP contribution in [-0.4, -0.2) is 36.3 Å². The molecule has 0 bridgehead atoms. The highest BCUT2D eigenvalue weighted by atomic mass is 32.1. The molecule has 2 aromatic rings. The molecule has 3 rings (SSSR count). The number of hydrogen-bond donors (Lipinski definition) is 2. The van der Waals surface area contributed by atoms with Crippen molar-refractivity contribution in [3.63, 3.8) is 0 Å². The molecule has 1 fully saturated rings. The standard InChI is InChI=1S/C14H15N3O2S/c18-13-9-12(15-14(20)16-13)10-1-3-11(4-2-10)17-5-7-19-8-6-17/h1-4,9H,5-8H2,(H2,15,16,18,20). The summed E-state index contributed by atoms with van der Waals surface area (Å²) in [5.41, 5.74) is 2.50. The Morgan fingerprint density at radius 1 is 1.20 bits per heavy atom. The first-order valence-corrected chi connectivity index (χ1v) is 6.90. The highest BCUT2D eigenvalue weighted by Gasteiger charge is 2.11. The van der Waals surface area contributed by atoms with Crippen LogP contribution in [-0.2, 0) is 4.74 Å². The monoisotopic (exact) mass is 289 g/mol. The molecule has 0 aliphatic carbocycles. The molecule has 104 valence electrons. The topological polar surface area (TPSA) is 58.2 Å². The van der Waals surface area contributed by atoms with E-state index >= 15 is 0 Å². The van der Waals surface area contributed by atoms with Crippen LogP contribution in [0, 0.1) is 0 Å². The van der Waals surface area contributed by atoms with E-state index in [1.807, 2.05) is 24.3 Å². The number of ether oxygens (including phenoxy) is 1. The fourth-order valence-corrected chi connectivity index (χ4v) is 2.48. The smallest absolute Gasteiger partial charge is 0.252 e. The van der Waals surface area contributed by atoms with E-state index in [1.54, 1.807) is 0 Å². The van der Waals surface area contributed by atoms with Crippen LogP contribution in [0.5, 0.6) is 0 Å². The lowest BCUT2D eigenvalue weighted by molar-refractivity contribution is 0.122. The normalized spacial score (nSPS) is 15.3. The molecule has 0 amide bonds. The lowest BCUT2D eigenvalue weighted by Gasteiger charge is -2.28. The Kier molecular flexibility index (Phi) is 3.75. The number of nitrogens with zero attached hydrogens (tertiary/aromatic N) is 2. The number of aromatic nitrogens is 2. The van der Waals surface area contributed by atoms with Gasteiger partial charge in [0, 0.05) is 30.4 Å². The highest BCUT2D eigenvalue weighted by Crippen LogP contribution is 2.22. The van der Waals surface area contributed by atoms with Crippen molar-refractivity contribution in [2.24, 2.45) is 0 Å². The largest absolute Gasteiger partial charge is 0.378 e. The molecule has 1 N–H and O–H groups in total. The predicted octanol–water partition coefficient (Wildman–Crippen LogP) is 1.56. The summed E-state index contributed by atoms with van der Waals surface area (Å²) in [7, 11) is 0. The number of rotatable bonds is 2. The SMILES string of the molecule is O=c1cc(-c2ccc(N3CCOCC3)cc2)nc(S)[nH]1. The first-order chi connectivity index (χ1) is 9.72. The Labute approximate surface area is 122 Å². The summed E-state index contributed by atoms with van der Waals surface area (Å²) in [6.45, 7) is 3.34. The van der Waals surface area contributed by atoms with Crippen LogP contribution in [0.4, 0.5) is 5.69 Å². The maximum atomic E-state index is 11.4. The van der Waals surface area contributed by atoms with Crippen LogP contribution in [0.15, 0.2) is 40.3 Å². The molecule has 0 unspecified atom stereocenters. The van der Waals surface area contributed by atoms with Gasteiger partial charge in [-0.2, -0.15) is 0 Å². The molecule has 20 heavy (non-hydrogen) atoms. The van der Waals surface area contributed by atoms with Crippen molar-refractivity contribution in [1.82, 2.24) is 9.97 Å². The summed E-state index contributed by atoms with van der Waals surface area (Å²) < 4.78 is 5.34. The van der Waals surface area contributed by atoms with Crippen molar-refractivity contribution in [1.29, 1.82) is 0 Å². The second-order valence-corrected chi connectivity index (χ2v) is 5.02. The van der Waals surface area contributed by atoms with Crippen molar-refractivity contribution in [3.05, 3.63) is 40.7 Å². The average Bonchev–Trinajstić information content (AvgIpc) is 2.47. The molecule has 5 nitrogen and oxygen atoms in total. The number of H-pyrrole nitrogens is 1. The Morgan fingerprint density at radius 3 is 2.55 bits per heavy atom. The molecule has 1 aromatic heterocycles. The third kappa shape index (κ3) is 2.86. The van der Waals surface area contributed by atoms with Crippen molar-refractivity contribution in [2.45, 2.75) is 5.16 Å². The number of benzene rings is 1. The van der Waals surface area contributed by atoms with Gasteiger partial charge < -0.3 is 14.6 Å². The van der Waals surface area contributed by atoms with E-state index in [-0.39, 0.29) is 5.56 Å². The molecule has 1 aliphatic rings. The summed E-state index contributed by atoms with van der Waals surface area (Å²) in [6.07, 6.45) is 0. The van der Waals surface area contributed by atoms with Gasteiger partial charge in [0.1, 0.15) is 0 Å². The molecule has 0 spiro atoms. The number of nitrogens with one attached hydrogen (secondary N) is 1. The summed E-state index contributed by atoms with van der Waals surface area (Å²) in [5.74, 6) is 0. The van der Waals surface area contributed by atoms with Gasteiger partial charge in [0.25, 0.3) is 5.56 Å². The number of hydrogen-bond acceptors (Lipinski definition) is 5. The van der Waals surface area contributed by atoms with Crippen molar-refractivity contribution in [2.75, 3.05) is 31.2 Å². The van der Waals surface area contributed by atoms with Crippen molar-refractivity contribution in [3.8, 4) is 11.3 Å². The fourth-order valence-electron chi connectivity index (χ4n) is 2.26. The third-order valence-corrected chi connectivity index (χ3v) is 3.48. The maximum Gasteiger partial charge on any atom is 0.252 e. The minimum atomic E-state index is -0.197. The van der Waals surface area contributed by atoms with Gasteiger partial charge in [-0.3, -0.25) is 4.79 Å². The van der Waals surface area contributed by atoms with Gasteiger partial charge in [0.05, 0.1) is 18.9 Å². The first-order valence-electron chi connectivity index (χ1n) is 6.46. The fraction of sp³-hybridized carbons (Fsp3) is 0.286. The second-order valence-electron chi connectivity index (χ2n) is 4.60. The number of anilines is 1. The summed E-state index contributed by atoms with van der Waals surface area (Å²) in [4.78, 5) is 20.5. The van der Waals surface area contributed by atoms with E-state index < -0.39 is 0 Å². The van der Waals surface area contributed by atoms with Gasteiger partial charge >= 0.3 is 0 Å². The van der Waals surface area contributed by atoms with Gasteiger partial charge in [-0.15, -0.1) is 12.6 Å². The molecule has 0 atom stereocenters. The molecule has 6 heteroatoms. The zero-order valence-corrected chi connectivity index (χ0v) is 11.8. The lowest BCUT2D eigenvalue weighted by atomic mass is 10.1. The molecular formula is C14H15N3O2S. The zero-order chi connectivity index (χ0) is 13.9. The number of morpholine rings is 1. The van der Waals surface area contributed by atoms with Gasteiger partial charge in [-0.25, -0.2) is 4.98 Å². The van der Waals surface area contributed by atoms with E-state index in [2.05, 4.69) is 27.5 Å². The molecule has 1 aliphatic heterocycles. The molecule has 1 saturated heterocycles. The third-order valence-electron chi connectivity index (χ3n) is 3.27. The van der Waals surface area contributed by atoms with Crippen molar-refractivity contribution >= 4 is 18.3 Å². The zero-order valence-electron chi connectivity index (χ0n) is 10.9. The minimum Gasteiger partial charge on any atom is -0.378 e. The van der Waals surface area contributed by atoms with E-state index in [9.17, 15) is 4.79 Å². The molecule has 0 saturated carbocycles. The summed E-state index contributed by atoms with van der Waals surface area (Å²) >= 11 is 4.09. The Bertz CT molecular complexity index is 648. The Morgan fingerprint density at radius 2 is 1.90 bits per heavy atom. The quantitative estimate of drug-likeness (QED) is 0.651. The van der Waals surface area contributed by atoms with Crippen molar-refractivity contribution < 1.29 is 4.74 Å². The molecule has 0 radical (unpaired) electrons. The maximum absolute atomic E-state index is 11.4. The van der Waals surface area contributed by atoms with Crippen LogP contribution in [0.25, 0.3) is 11.3 Å². The van der Waals surface area contributed by atoms with Crippen LogP contribution in [0.1, 0.15) is 0 Å². The molecule has 2 heterocycles. The van der Waals surface area contributed by atoms with E-state index in [1.165, 1.54) is 6.07 Å². The van der Waals surface area contributed by atoms with Crippen LogP contribution in [0.2, 0.25) is 0 Å². The number of aromatic amines is 1. The van der Waals surface area contributed by atoms with Gasteiger partial charge in [0.15, 0.2) is 5.16 Å². The minimum absolute atomic E-state index is 0.197. The number of thiol groups is 1. The van der Waals surface area contributed by atoms with E-state index in [0.717, 1.165) is 37.6 Å². The van der Waals surface area contributed by atoms with Gasteiger partial charge in [-0.1, -0.05) is 12.1 Å². The molecular weight excluding hydrogens is 274 g/mol. The average molecular weight is 289 g/mol. The highest BCUT2D eigenvalue weighted by molar-refractivity contribution is 7.80. The Hall–Kier alpha value is -1.79. The van der Waals surface area contributed by atoms with Gasteiger partial charge in [-0.05, 0) is 12.1 Å². The van der Waals surface area contributed by atoms with Crippen LogP contribution < -0.4 is 10.5 Å². The van der Waals surface area contributed by atoms with Crippen LogP contribution in [0.3, 0.4) is 0 Å². The molecule has 1 aromatic carbocycles. The summed E-state index contributed by atoms with van der Waals surface area (Å²) in [6, 6.07) is 9.51. The predicted molar refractivity (Wildman–Crippen MR) is 80.6 cm³/mol. The summed E-state index contributed by atoms with van der Waals surface area (Å²) in [5, 5.41) is 0.324. The van der Waals surface area contributed by atoms with E-state index in [4.69, 9.17) is 4.74 Å². The van der Waals surface area contributed by atoms with Crippen LogP contribution >= 0.6 is 12.6 Å². The van der Waals surface area contributed by atoms with E-state index in [0.29, 0.717) is 10.9 Å². The lowest BCUT2D eigenvalue weighted by Crippen LogP contribution is -2.36. The second kappa shape index (κ2) is 5.68. The first kappa shape index (κ1) is 13.2.